The number of nitrogens with one attached hydrogen (secondary N) is 1. The fraction of sp³-hybridized carbons (Fsp3) is 0.400. The number of aromatic nitrogens is 2. The minimum atomic E-state index is -0.512. The lowest BCUT2D eigenvalue weighted by atomic mass is 9.89. The van der Waals surface area contributed by atoms with Crippen molar-refractivity contribution in [3.63, 3.8) is 0 Å². The number of nitrogens with zero attached hydrogens (tertiary/aromatic N) is 2. The molecule has 3 heterocycles. The standard InChI is InChI=1S/C25H29N3O5/c1-25(2,3)33-24(30)28-11-8-16(9-12-28)17-5-6-20(23(29)31-4)21(14-17)32-19-13-18-7-10-26-22(18)27-15-19/h5-7,10,13-16H,8-9,11-12H2,1-4H3,(H,26,27). The van der Waals surface area contributed by atoms with Gasteiger partial charge in [-0.25, -0.2) is 14.6 Å². The van der Waals surface area contributed by atoms with Crippen molar-refractivity contribution in [1.29, 1.82) is 0 Å². The molecule has 1 aliphatic heterocycles. The summed E-state index contributed by atoms with van der Waals surface area (Å²) >= 11 is 0. The number of aromatic amines is 1. The molecule has 3 aromatic rings. The fourth-order valence-electron chi connectivity index (χ4n) is 3.98. The van der Waals surface area contributed by atoms with Crippen molar-refractivity contribution >= 4 is 23.1 Å². The van der Waals surface area contributed by atoms with Crippen LogP contribution < -0.4 is 4.74 Å². The SMILES string of the molecule is COC(=O)c1ccc(C2CCN(C(=O)OC(C)(C)C)CC2)cc1Oc1cnc2[nH]ccc2c1. The van der Waals surface area contributed by atoms with Gasteiger partial charge in [-0.15, -0.1) is 0 Å². The molecule has 0 bridgehead atoms. The molecule has 0 unspecified atom stereocenters. The van der Waals surface area contributed by atoms with E-state index in [1.165, 1.54) is 7.11 Å². The Labute approximate surface area is 192 Å². The third-order valence-corrected chi connectivity index (χ3v) is 5.63. The van der Waals surface area contributed by atoms with Crippen LogP contribution in [0.3, 0.4) is 0 Å². The highest BCUT2D eigenvalue weighted by Crippen LogP contribution is 2.34. The molecule has 0 saturated carbocycles. The highest BCUT2D eigenvalue weighted by atomic mass is 16.6. The van der Waals surface area contributed by atoms with E-state index in [4.69, 9.17) is 14.2 Å². The van der Waals surface area contributed by atoms with Gasteiger partial charge in [0.2, 0.25) is 0 Å². The summed E-state index contributed by atoms with van der Waals surface area (Å²) in [5, 5.41) is 0.915. The number of carbonyl (C=O) groups is 2. The number of rotatable bonds is 4. The maximum Gasteiger partial charge on any atom is 0.410 e. The number of esters is 1. The number of benzene rings is 1. The first-order valence-corrected chi connectivity index (χ1v) is 11.0. The number of piperidine rings is 1. The normalized spacial score (nSPS) is 14.8. The summed E-state index contributed by atoms with van der Waals surface area (Å²) in [6.07, 6.45) is 4.75. The van der Waals surface area contributed by atoms with Crippen LogP contribution in [0.1, 0.15) is 55.5 Å². The minimum Gasteiger partial charge on any atom is -0.465 e. The number of carbonyl (C=O) groups excluding carboxylic acids is 2. The summed E-state index contributed by atoms with van der Waals surface area (Å²) in [5.41, 5.74) is 1.65. The molecule has 1 aliphatic rings. The van der Waals surface area contributed by atoms with E-state index in [9.17, 15) is 9.59 Å². The highest BCUT2D eigenvalue weighted by molar-refractivity contribution is 5.92. The average Bonchev–Trinajstić information content (AvgIpc) is 3.25. The molecular weight excluding hydrogens is 422 g/mol. The molecule has 0 atom stereocenters. The van der Waals surface area contributed by atoms with Crippen molar-refractivity contribution in [3.8, 4) is 11.5 Å². The summed E-state index contributed by atoms with van der Waals surface area (Å²) in [5.74, 6) is 0.727. The molecule has 174 valence electrons. The number of ether oxygens (including phenoxy) is 3. The molecular formula is C25H29N3O5. The Bertz CT molecular complexity index is 1160. The Morgan fingerprint density at radius 1 is 1.12 bits per heavy atom. The van der Waals surface area contributed by atoms with Gasteiger partial charge < -0.3 is 24.1 Å². The number of hydrogen-bond acceptors (Lipinski definition) is 6. The summed E-state index contributed by atoms with van der Waals surface area (Å²) in [6, 6.07) is 9.33. The monoisotopic (exact) mass is 451 g/mol. The molecule has 8 nitrogen and oxygen atoms in total. The minimum absolute atomic E-state index is 0.239. The van der Waals surface area contributed by atoms with Crippen molar-refractivity contribution < 1.29 is 23.8 Å². The molecule has 2 aromatic heterocycles. The van der Waals surface area contributed by atoms with Crippen molar-refractivity contribution in [2.45, 2.75) is 45.1 Å². The molecule has 1 N–H and O–H groups in total. The van der Waals surface area contributed by atoms with Gasteiger partial charge in [-0.05, 0) is 69.4 Å². The number of H-pyrrole nitrogens is 1. The predicted molar refractivity (Wildman–Crippen MR) is 124 cm³/mol. The largest absolute Gasteiger partial charge is 0.465 e. The topological polar surface area (TPSA) is 93.8 Å². The highest BCUT2D eigenvalue weighted by Gasteiger charge is 2.28. The van der Waals surface area contributed by atoms with Gasteiger partial charge in [-0.1, -0.05) is 6.07 Å². The lowest BCUT2D eigenvalue weighted by molar-refractivity contribution is 0.0204. The molecule has 33 heavy (non-hydrogen) atoms. The summed E-state index contributed by atoms with van der Waals surface area (Å²) in [6.45, 7) is 6.83. The van der Waals surface area contributed by atoms with Crippen molar-refractivity contribution in [1.82, 2.24) is 14.9 Å². The second-order valence-electron chi connectivity index (χ2n) is 9.18. The van der Waals surface area contributed by atoms with Gasteiger partial charge in [0.1, 0.15) is 28.3 Å². The Morgan fingerprint density at radius 2 is 1.88 bits per heavy atom. The van der Waals surface area contributed by atoms with Gasteiger partial charge in [-0.3, -0.25) is 0 Å². The van der Waals surface area contributed by atoms with Crippen molar-refractivity contribution in [2.24, 2.45) is 0 Å². The predicted octanol–water partition coefficient (Wildman–Crippen LogP) is 5.26. The van der Waals surface area contributed by atoms with Gasteiger partial charge in [0.15, 0.2) is 0 Å². The fourth-order valence-corrected chi connectivity index (χ4v) is 3.98. The average molecular weight is 452 g/mol. The Balaban J connectivity index is 1.52. The van der Waals surface area contributed by atoms with E-state index in [2.05, 4.69) is 9.97 Å². The maximum atomic E-state index is 12.4. The van der Waals surface area contributed by atoms with E-state index in [0.29, 0.717) is 30.2 Å². The van der Waals surface area contributed by atoms with Crippen LogP contribution in [-0.2, 0) is 9.47 Å². The van der Waals surface area contributed by atoms with Crippen LogP contribution in [0.5, 0.6) is 11.5 Å². The number of pyridine rings is 1. The third kappa shape index (κ3) is 5.27. The van der Waals surface area contributed by atoms with Gasteiger partial charge >= 0.3 is 12.1 Å². The quantitative estimate of drug-likeness (QED) is 0.544. The van der Waals surface area contributed by atoms with Crippen LogP contribution in [0.4, 0.5) is 4.79 Å². The van der Waals surface area contributed by atoms with E-state index in [1.54, 1.807) is 17.2 Å². The van der Waals surface area contributed by atoms with Crippen LogP contribution >= 0.6 is 0 Å². The molecule has 1 amide bonds. The number of likely N-dealkylation sites (tertiary alicyclic amines) is 1. The smallest absolute Gasteiger partial charge is 0.410 e. The van der Waals surface area contributed by atoms with E-state index < -0.39 is 11.6 Å². The Hall–Kier alpha value is -3.55. The van der Waals surface area contributed by atoms with Crippen LogP contribution in [0.2, 0.25) is 0 Å². The number of amides is 1. The Kier molecular flexibility index (Phi) is 6.26. The second kappa shape index (κ2) is 9.13. The Morgan fingerprint density at radius 3 is 2.58 bits per heavy atom. The number of methoxy groups -OCH3 is 1. The number of hydrogen-bond donors (Lipinski definition) is 1. The number of fused-ring (bicyclic) bond motifs is 1. The summed E-state index contributed by atoms with van der Waals surface area (Å²) in [7, 11) is 1.35. The molecule has 0 radical (unpaired) electrons. The third-order valence-electron chi connectivity index (χ3n) is 5.63. The molecule has 1 fully saturated rings. The maximum absolute atomic E-state index is 12.4. The van der Waals surface area contributed by atoms with Gasteiger partial charge in [-0.2, -0.15) is 0 Å². The summed E-state index contributed by atoms with van der Waals surface area (Å²) in [4.78, 5) is 33.8. The van der Waals surface area contributed by atoms with Crippen LogP contribution in [0, 0.1) is 0 Å². The first-order valence-electron chi connectivity index (χ1n) is 11.0. The van der Waals surface area contributed by atoms with Gasteiger partial charge in [0.05, 0.1) is 13.3 Å². The lowest BCUT2D eigenvalue weighted by Crippen LogP contribution is -2.41. The van der Waals surface area contributed by atoms with Crippen molar-refractivity contribution in [3.05, 3.63) is 53.9 Å². The molecule has 8 heteroatoms. The molecule has 1 aromatic carbocycles. The zero-order chi connectivity index (χ0) is 23.6. The second-order valence-corrected chi connectivity index (χ2v) is 9.18. The van der Waals surface area contributed by atoms with E-state index in [0.717, 1.165) is 29.4 Å². The lowest BCUT2D eigenvalue weighted by Gasteiger charge is -2.33. The van der Waals surface area contributed by atoms with Crippen molar-refractivity contribution in [2.75, 3.05) is 20.2 Å². The van der Waals surface area contributed by atoms with Crippen LogP contribution in [0.15, 0.2) is 42.7 Å². The zero-order valence-electron chi connectivity index (χ0n) is 19.4. The molecule has 0 spiro atoms. The summed E-state index contributed by atoms with van der Waals surface area (Å²) < 4.78 is 16.5. The van der Waals surface area contributed by atoms with Crippen LogP contribution in [0.25, 0.3) is 11.0 Å². The molecule has 1 saturated heterocycles. The molecule has 0 aliphatic carbocycles. The van der Waals surface area contributed by atoms with Gasteiger partial charge in [0, 0.05) is 24.7 Å². The first-order chi connectivity index (χ1) is 15.7. The first kappa shape index (κ1) is 22.6. The van der Waals surface area contributed by atoms with E-state index in [-0.39, 0.29) is 12.0 Å². The van der Waals surface area contributed by atoms with Gasteiger partial charge in [0.25, 0.3) is 0 Å². The zero-order valence-corrected chi connectivity index (χ0v) is 19.4. The molecule has 4 rings (SSSR count). The van der Waals surface area contributed by atoms with E-state index >= 15 is 0 Å². The van der Waals surface area contributed by atoms with Crippen LogP contribution in [-0.4, -0.2) is 52.7 Å². The van der Waals surface area contributed by atoms with E-state index in [1.807, 2.05) is 51.2 Å².